The van der Waals surface area contributed by atoms with Crippen LogP contribution in [0.25, 0.3) is 11.5 Å². The summed E-state index contributed by atoms with van der Waals surface area (Å²) in [6, 6.07) is 12.7. The third-order valence-electron chi connectivity index (χ3n) is 4.89. The number of para-hydroxylation sites is 1. The van der Waals surface area contributed by atoms with E-state index >= 15 is 0 Å². The summed E-state index contributed by atoms with van der Waals surface area (Å²) in [4.78, 5) is 12.5. The smallest absolute Gasteiger partial charge is 0.342 e. The molecule has 1 aromatic heterocycles. The predicted molar refractivity (Wildman–Crippen MR) is 100 cm³/mol. The van der Waals surface area contributed by atoms with Crippen LogP contribution in [0.5, 0.6) is 11.5 Å². The molecule has 7 heteroatoms. The van der Waals surface area contributed by atoms with Crippen LogP contribution in [0.4, 0.5) is 0 Å². The van der Waals surface area contributed by atoms with Gasteiger partial charge in [0.15, 0.2) is 6.61 Å². The van der Waals surface area contributed by atoms with Gasteiger partial charge >= 0.3 is 5.97 Å². The first kappa shape index (κ1) is 18.0. The third kappa shape index (κ3) is 3.31. The van der Waals surface area contributed by atoms with Crippen LogP contribution in [0.3, 0.4) is 0 Å². The van der Waals surface area contributed by atoms with Crippen molar-refractivity contribution in [1.82, 2.24) is 10.2 Å². The molecule has 0 bridgehead atoms. The van der Waals surface area contributed by atoms with Crippen molar-refractivity contribution in [2.24, 2.45) is 0 Å². The molecule has 2 aromatic carbocycles. The quantitative estimate of drug-likeness (QED) is 0.619. The first-order valence-electron chi connectivity index (χ1n) is 9.00. The Bertz CT molecular complexity index is 996. The van der Waals surface area contributed by atoms with Gasteiger partial charge in [0, 0.05) is 17.0 Å². The number of hydrogen-bond donors (Lipinski definition) is 0. The lowest BCUT2D eigenvalue weighted by Gasteiger charge is -2.08. The summed E-state index contributed by atoms with van der Waals surface area (Å²) in [6.07, 6.45) is 0.0203. The summed E-state index contributed by atoms with van der Waals surface area (Å²) in [5, 5.41) is 7.94. The molecule has 0 amide bonds. The molecule has 0 unspecified atom stereocenters. The van der Waals surface area contributed by atoms with Gasteiger partial charge in [-0.15, -0.1) is 10.2 Å². The minimum atomic E-state index is -0.484. The summed E-state index contributed by atoms with van der Waals surface area (Å²) in [5.74, 6) is 1.64. The van der Waals surface area contributed by atoms with E-state index in [1.807, 2.05) is 31.2 Å². The highest BCUT2D eigenvalue weighted by Crippen LogP contribution is 2.40. The van der Waals surface area contributed by atoms with Gasteiger partial charge in [0.2, 0.25) is 5.89 Å². The van der Waals surface area contributed by atoms with Crippen LogP contribution in [0.1, 0.15) is 41.6 Å². The first-order valence-corrected chi connectivity index (χ1v) is 9.00. The van der Waals surface area contributed by atoms with Gasteiger partial charge in [0.05, 0.1) is 7.11 Å². The Morgan fingerprint density at radius 1 is 1.11 bits per heavy atom. The van der Waals surface area contributed by atoms with Crippen molar-refractivity contribution in [3.05, 3.63) is 59.5 Å². The van der Waals surface area contributed by atoms with Gasteiger partial charge in [-0.05, 0) is 37.3 Å². The molecular weight excluding hydrogens is 360 g/mol. The fraction of sp³-hybridized carbons (Fsp3) is 0.286. The van der Waals surface area contributed by atoms with E-state index in [4.69, 9.17) is 18.6 Å². The van der Waals surface area contributed by atoms with Gasteiger partial charge in [0.1, 0.15) is 23.2 Å². The van der Waals surface area contributed by atoms with Crippen LogP contribution in [-0.2, 0) is 11.3 Å². The molecule has 0 saturated carbocycles. The fourth-order valence-corrected chi connectivity index (χ4v) is 3.11. The number of aromatic nitrogens is 2. The molecule has 0 N–H and O–H groups in total. The molecule has 0 spiro atoms. The second kappa shape index (κ2) is 7.34. The molecule has 28 heavy (non-hydrogen) atoms. The molecule has 0 saturated heterocycles. The predicted octanol–water partition coefficient (Wildman–Crippen LogP) is 3.99. The van der Waals surface area contributed by atoms with Crippen LogP contribution in [0, 0.1) is 0 Å². The van der Waals surface area contributed by atoms with Gasteiger partial charge < -0.3 is 18.6 Å². The van der Waals surface area contributed by atoms with E-state index in [0.29, 0.717) is 17.2 Å². The summed E-state index contributed by atoms with van der Waals surface area (Å²) < 4.78 is 21.9. The monoisotopic (exact) mass is 380 g/mol. The maximum Gasteiger partial charge on any atom is 0.342 e. The highest BCUT2D eigenvalue weighted by molar-refractivity contribution is 5.93. The number of rotatable bonds is 5. The maximum absolute atomic E-state index is 12.5. The summed E-state index contributed by atoms with van der Waals surface area (Å²) in [6.45, 7) is 3.94. The van der Waals surface area contributed by atoms with Crippen molar-refractivity contribution >= 4 is 5.97 Å². The molecule has 144 valence electrons. The Labute approximate surface area is 162 Å². The Kier molecular flexibility index (Phi) is 4.73. The number of ether oxygens (including phenoxy) is 3. The Morgan fingerprint density at radius 2 is 1.89 bits per heavy atom. The Morgan fingerprint density at radius 3 is 2.64 bits per heavy atom. The molecule has 2 heterocycles. The lowest BCUT2D eigenvalue weighted by atomic mass is 9.97. The SMILES string of the molecule is COc1ccc(-c2nnc(COC(=O)c3cccc4c3O[C@@H](C)[C@H]4C)o2)cc1. The molecule has 1 aliphatic rings. The van der Waals surface area contributed by atoms with Gasteiger partial charge in [-0.25, -0.2) is 4.79 Å². The number of carbonyl (C=O) groups excluding carboxylic acids is 1. The van der Waals surface area contributed by atoms with Crippen LogP contribution >= 0.6 is 0 Å². The van der Waals surface area contributed by atoms with E-state index < -0.39 is 5.97 Å². The largest absolute Gasteiger partial charge is 0.497 e. The minimum absolute atomic E-state index is 0.0203. The summed E-state index contributed by atoms with van der Waals surface area (Å²) in [5.41, 5.74) is 2.17. The van der Waals surface area contributed by atoms with Crippen molar-refractivity contribution in [2.45, 2.75) is 32.5 Å². The summed E-state index contributed by atoms with van der Waals surface area (Å²) in [7, 11) is 1.60. The number of hydrogen-bond acceptors (Lipinski definition) is 7. The number of nitrogens with zero attached hydrogens (tertiary/aromatic N) is 2. The van der Waals surface area contributed by atoms with Crippen molar-refractivity contribution in [1.29, 1.82) is 0 Å². The molecule has 0 aliphatic carbocycles. The van der Waals surface area contributed by atoms with Gasteiger partial charge in [0.25, 0.3) is 5.89 Å². The van der Waals surface area contributed by atoms with Crippen LogP contribution < -0.4 is 9.47 Å². The Balaban J connectivity index is 1.44. The van der Waals surface area contributed by atoms with E-state index in [-0.39, 0.29) is 24.5 Å². The fourth-order valence-electron chi connectivity index (χ4n) is 3.11. The zero-order valence-corrected chi connectivity index (χ0v) is 15.8. The van der Waals surface area contributed by atoms with Crippen LogP contribution in [0.2, 0.25) is 0 Å². The number of esters is 1. The average molecular weight is 380 g/mol. The van der Waals surface area contributed by atoms with Gasteiger partial charge in [-0.1, -0.05) is 19.1 Å². The van der Waals surface area contributed by atoms with Crippen molar-refractivity contribution in [3.8, 4) is 23.0 Å². The van der Waals surface area contributed by atoms with Crippen molar-refractivity contribution < 1.29 is 23.4 Å². The second-order valence-electron chi connectivity index (χ2n) is 6.64. The van der Waals surface area contributed by atoms with E-state index in [1.54, 1.807) is 25.3 Å². The maximum atomic E-state index is 12.5. The van der Waals surface area contributed by atoms with Crippen molar-refractivity contribution in [2.75, 3.05) is 7.11 Å². The van der Waals surface area contributed by atoms with E-state index in [9.17, 15) is 4.79 Å². The van der Waals surface area contributed by atoms with E-state index in [1.165, 1.54) is 0 Å². The van der Waals surface area contributed by atoms with Gasteiger partial charge in [-0.3, -0.25) is 0 Å². The minimum Gasteiger partial charge on any atom is -0.497 e. The van der Waals surface area contributed by atoms with E-state index in [2.05, 4.69) is 17.1 Å². The zero-order chi connectivity index (χ0) is 19.7. The molecule has 0 radical (unpaired) electrons. The third-order valence-corrected chi connectivity index (χ3v) is 4.89. The van der Waals surface area contributed by atoms with Crippen molar-refractivity contribution in [3.63, 3.8) is 0 Å². The molecule has 2 atom stereocenters. The molecule has 0 fully saturated rings. The standard InChI is InChI=1S/C21H20N2O5/c1-12-13(2)27-19-16(12)5-4-6-17(19)21(24)26-11-18-22-23-20(28-18)14-7-9-15(25-3)10-8-14/h4-10,12-13H,11H2,1-3H3/t12-,13+/m1/s1. The van der Waals surface area contributed by atoms with Gasteiger partial charge in [-0.2, -0.15) is 0 Å². The lowest BCUT2D eigenvalue weighted by molar-refractivity contribution is 0.0433. The molecule has 7 nitrogen and oxygen atoms in total. The first-order chi connectivity index (χ1) is 13.6. The zero-order valence-electron chi connectivity index (χ0n) is 15.8. The average Bonchev–Trinajstić information content (AvgIpc) is 3.31. The molecular formula is C21H20N2O5. The summed E-state index contributed by atoms with van der Waals surface area (Å²) >= 11 is 0. The molecule has 3 aromatic rings. The normalized spacial score (nSPS) is 17.7. The lowest BCUT2D eigenvalue weighted by Crippen LogP contribution is -2.11. The number of carbonyl (C=O) groups is 1. The van der Waals surface area contributed by atoms with Crippen LogP contribution in [-0.4, -0.2) is 29.4 Å². The highest BCUT2D eigenvalue weighted by Gasteiger charge is 2.31. The highest BCUT2D eigenvalue weighted by atomic mass is 16.5. The second-order valence-corrected chi connectivity index (χ2v) is 6.64. The molecule has 4 rings (SSSR count). The van der Waals surface area contributed by atoms with E-state index in [0.717, 1.165) is 16.9 Å². The number of benzene rings is 2. The van der Waals surface area contributed by atoms with Crippen LogP contribution in [0.15, 0.2) is 46.9 Å². The number of fused-ring (bicyclic) bond motifs is 1. The number of methoxy groups -OCH3 is 1. The molecule has 1 aliphatic heterocycles. The Hall–Kier alpha value is -3.35. The topological polar surface area (TPSA) is 83.7 Å².